The number of hydrogen-bond donors (Lipinski definition) is 0. The average molecular weight is 142 g/mol. The molecule has 0 heterocycles. The zero-order chi connectivity index (χ0) is 8.15. The van der Waals surface area contributed by atoms with Crippen LogP contribution < -0.4 is 0 Å². The predicted octanol–water partition coefficient (Wildman–Crippen LogP) is 1.58. The van der Waals surface area contributed by atoms with Crippen molar-refractivity contribution in [2.24, 2.45) is 5.92 Å². The van der Waals surface area contributed by atoms with Crippen molar-refractivity contribution in [2.45, 2.75) is 33.6 Å². The Labute approximate surface area is 61.6 Å². The summed E-state index contributed by atoms with van der Waals surface area (Å²) in [6.45, 7) is 5.39. The van der Waals surface area contributed by atoms with Crippen LogP contribution in [-0.2, 0) is 9.59 Å². The fraction of sp³-hybridized carbons (Fsp3) is 0.750. The van der Waals surface area contributed by atoms with E-state index < -0.39 is 0 Å². The second-order valence-electron chi connectivity index (χ2n) is 2.91. The van der Waals surface area contributed by atoms with Gasteiger partial charge in [0.1, 0.15) is 0 Å². The first-order valence-corrected chi connectivity index (χ1v) is 3.57. The molecular formula is C8H14O2. The zero-order valence-electron chi connectivity index (χ0n) is 6.81. The van der Waals surface area contributed by atoms with Gasteiger partial charge in [-0.2, -0.15) is 0 Å². The summed E-state index contributed by atoms with van der Waals surface area (Å²) in [5.74, 6) is -0.0577. The standard InChI is InChI=1S/C8H14O2/c1-6(2)4-5-8(10)7(3)9/h6H,4-5H2,1-3H3. The molecule has 0 aromatic carbocycles. The van der Waals surface area contributed by atoms with Crippen LogP contribution >= 0.6 is 0 Å². The number of ketones is 2. The topological polar surface area (TPSA) is 34.1 Å². The quantitative estimate of drug-likeness (QED) is 0.558. The fourth-order valence-electron chi connectivity index (χ4n) is 0.596. The SMILES string of the molecule is CC(=O)C(=O)CCC(C)C. The molecule has 0 aromatic rings. The minimum Gasteiger partial charge on any atom is -0.291 e. The molecule has 0 atom stereocenters. The predicted molar refractivity (Wildman–Crippen MR) is 39.8 cm³/mol. The van der Waals surface area contributed by atoms with E-state index in [0.717, 1.165) is 6.42 Å². The van der Waals surface area contributed by atoms with Crippen LogP contribution in [0.25, 0.3) is 0 Å². The summed E-state index contributed by atoms with van der Waals surface area (Å²) in [7, 11) is 0. The van der Waals surface area contributed by atoms with Crippen LogP contribution in [0, 0.1) is 5.92 Å². The van der Waals surface area contributed by atoms with Crippen molar-refractivity contribution in [3.8, 4) is 0 Å². The van der Waals surface area contributed by atoms with E-state index in [1.54, 1.807) is 0 Å². The molecule has 0 aromatic heterocycles. The summed E-state index contributed by atoms with van der Waals surface area (Å²) < 4.78 is 0. The molecule has 58 valence electrons. The van der Waals surface area contributed by atoms with E-state index in [1.807, 2.05) is 13.8 Å². The lowest BCUT2D eigenvalue weighted by molar-refractivity contribution is -0.135. The Morgan fingerprint density at radius 3 is 2.10 bits per heavy atom. The van der Waals surface area contributed by atoms with Gasteiger partial charge in [-0.05, 0) is 12.3 Å². The van der Waals surface area contributed by atoms with Gasteiger partial charge in [0, 0.05) is 13.3 Å². The average Bonchev–Trinajstić information content (AvgIpc) is 1.82. The Balaban J connectivity index is 3.50. The Hall–Kier alpha value is -0.660. The molecule has 0 spiro atoms. The first-order chi connectivity index (χ1) is 4.54. The van der Waals surface area contributed by atoms with Crippen molar-refractivity contribution < 1.29 is 9.59 Å². The van der Waals surface area contributed by atoms with Gasteiger partial charge in [-0.3, -0.25) is 9.59 Å². The van der Waals surface area contributed by atoms with Crippen molar-refractivity contribution >= 4 is 11.6 Å². The van der Waals surface area contributed by atoms with Crippen molar-refractivity contribution in [3.63, 3.8) is 0 Å². The minimum atomic E-state index is -0.319. The normalized spacial score (nSPS) is 10.0. The first kappa shape index (κ1) is 9.34. The molecule has 10 heavy (non-hydrogen) atoms. The summed E-state index contributed by atoms with van der Waals surface area (Å²) in [5.41, 5.74) is 0. The Kier molecular flexibility index (Phi) is 3.93. The Morgan fingerprint density at radius 1 is 1.30 bits per heavy atom. The molecule has 0 aliphatic carbocycles. The lowest BCUT2D eigenvalue weighted by Crippen LogP contribution is -2.09. The highest BCUT2D eigenvalue weighted by Gasteiger charge is 2.07. The summed E-state index contributed by atoms with van der Waals surface area (Å²) in [6.07, 6.45) is 1.23. The third-order valence-electron chi connectivity index (χ3n) is 1.34. The highest BCUT2D eigenvalue weighted by Crippen LogP contribution is 2.03. The number of carbonyl (C=O) groups is 2. The van der Waals surface area contributed by atoms with Crippen molar-refractivity contribution in [3.05, 3.63) is 0 Å². The molecule has 0 radical (unpaired) electrons. The van der Waals surface area contributed by atoms with Crippen LogP contribution in [0.3, 0.4) is 0 Å². The molecule has 0 aliphatic rings. The molecule has 0 saturated heterocycles. The van der Waals surface area contributed by atoms with E-state index in [9.17, 15) is 9.59 Å². The van der Waals surface area contributed by atoms with Crippen LogP contribution in [0.15, 0.2) is 0 Å². The molecule has 2 heteroatoms. The highest BCUT2D eigenvalue weighted by molar-refractivity contribution is 6.36. The van der Waals surface area contributed by atoms with Gasteiger partial charge in [0.15, 0.2) is 11.6 Å². The van der Waals surface area contributed by atoms with E-state index >= 15 is 0 Å². The van der Waals surface area contributed by atoms with Crippen LogP contribution in [0.4, 0.5) is 0 Å². The highest BCUT2D eigenvalue weighted by atomic mass is 16.2. The third kappa shape index (κ3) is 4.24. The summed E-state index contributed by atoms with van der Waals surface area (Å²) >= 11 is 0. The zero-order valence-corrected chi connectivity index (χ0v) is 6.81. The molecule has 0 amide bonds. The number of Topliss-reactive ketones (excluding diaryl/α,β-unsaturated/α-hetero) is 2. The summed E-state index contributed by atoms with van der Waals surface area (Å²) in [6, 6.07) is 0. The van der Waals surface area contributed by atoms with Gasteiger partial charge in [-0.1, -0.05) is 13.8 Å². The van der Waals surface area contributed by atoms with E-state index in [-0.39, 0.29) is 11.6 Å². The molecule has 0 bridgehead atoms. The molecule has 0 N–H and O–H groups in total. The van der Waals surface area contributed by atoms with E-state index in [1.165, 1.54) is 6.92 Å². The second kappa shape index (κ2) is 4.20. The van der Waals surface area contributed by atoms with Gasteiger partial charge in [-0.15, -0.1) is 0 Å². The van der Waals surface area contributed by atoms with Gasteiger partial charge in [0.25, 0.3) is 0 Å². The van der Waals surface area contributed by atoms with Crippen LogP contribution in [0.1, 0.15) is 33.6 Å². The second-order valence-corrected chi connectivity index (χ2v) is 2.91. The molecule has 0 fully saturated rings. The van der Waals surface area contributed by atoms with Crippen LogP contribution in [0.5, 0.6) is 0 Å². The van der Waals surface area contributed by atoms with Gasteiger partial charge < -0.3 is 0 Å². The maximum atomic E-state index is 10.7. The largest absolute Gasteiger partial charge is 0.291 e. The number of hydrogen-bond acceptors (Lipinski definition) is 2. The lowest BCUT2D eigenvalue weighted by Gasteiger charge is -1.99. The Bertz CT molecular complexity index is 136. The number of carbonyl (C=O) groups excluding carboxylic acids is 2. The van der Waals surface area contributed by atoms with E-state index in [2.05, 4.69) is 0 Å². The summed E-state index contributed by atoms with van der Waals surface area (Å²) in [5, 5.41) is 0. The number of rotatable bonds is 4. The van der Waals surface area contributed by atoms with E-state index in [4.69, 9.17) is 0 Å². The van der Waals surface area contributed by atoms with E-state index in [0.29, 0.717) is 12.3 Å². The van der Waals surface area contributed by atoms with Crippen molar-refractivity contribution in [1.29, 1.82) is 0 Å². The van der Waals surface area contributed by atoms with Crippen LogP contribution in [-0.4, -0.2) is 11.6 Å². The molecule has 0 rings (SSSR count). The smallest absolute Gasteiger partial charge is 0.198 e. The van der Waals surface area contributed by atoms with Crippen molar-refractivity contribution in [1.82, 2.24) is 0 Å². The van der Waals surface area contributed by atoms with Gasteiger partial charge in [0.2, 0.25) is 0 Å². The minimum absolute atomic E-state index is 0.242. The van der Waals surface area contributed by atoms with Crippen LogP contribution in [0.2, 0.25) is 0 Å². The molecule has 0 saturated carbocycles. The molecular weight excluding hydrogens is 128 g/mol. The maximum Gasteiger partial charge on any atom is 0.198 e. The van der Waals surface area contributed by atoms with Gasteiger partial charge in [-0.25, -0.2) is 0 Å². The summed E-state index contributed by atoms with van der Waals surface area (Å²) in [4.78, 5) is 21.1. The third-order valence-corrected chi connectivity index (χ3v) is 1.34. The fourth-order valence-corrected chi connectivity index (χ4v) is 0.596. The molecule has 0 aliphatic heterocycles. The molecule has 0 unspecified atom stereocenters. The lowest BCUT2D eigenvalue weighted by atomic mass is 10.0. The molecule has 2 nitrogen and oxygen atoms in total. The van der Waals surface area contributed by atoms with Crippen molar-refractivity contribution in [2.75, 3.05) is 0 Å². The van der Waals surface area contributed by atoms with Gasteiger partial charge >= 0.3 is 0 Å². The van der Waals surface area contributed by atoms with Gasteiger partial charge in [0.05, 0.1) is 0 Å². The maximum absolute atomic E-state index is 10.7. The first-order valence-electron chi connectivity index (χ1n) is 3.57. The Morgan fingerprint density at radius 2 is 1.80 bits per heavy atom. The monoisotopic (exact) mass is 142 g/mol.